The van der Waals surface area contributed by atoms with E-state index in [0.717, 1.165) is 17.4 Å². The highest BCUT2D eigenvalue weighted by molar-refractivity contribution is 5.96. The molecule has 0 saturated carbocycles. The maximum atomic E-state index is 12.0. The lowest BCUT2D eigenvalue weighted by Crippen LogP contribution is -2.26. The molecule has 0 radical (unpaired) electrons. The first-order chi connectivity index (χ1) is 10.6. The van der Waals surface area contributed by atoms with E-state index in [1.54, 1.807) is 0 Å². The molecule has 1 aliphatic heterocycles. The number of rotatable bonds is 4. The standard InChI is InChI=1S/C16H18N2O4/c1-11-9-13(12-7-5-4-6-8-12)18(17-11)14(16(20)22-3)10-15(19)21-2/h4-8,10,13H,9H2,1-3H3/b14-10+/t13-/m0/s1. The van der Waals surface area contributed by atoms with E-state index in [0.29, 0.717) is 6.42 Å². The van der Waals surface area contributed by atoms with Crippen LogP contribution in [0.1, 0.15) is 24.9 Å². The van der Waals surface area contributed by atoms with Crippen LogP contribution >= 0.6 is 0 Å². The Morgan fingerprint density at radius 3 is 2.50 bits per heavy atom. The summed E-state index contributed by atoms with van der Waals surface area (Å²) in [5, 5.41) is 5.90. The molecular formula is C16H18N2O4. The summed E-state index contributed by atoms with van der Waals surface area (Å²) in [6, 6.07) is 9.52. The Bertz CT molecular complexity index is 622. The van der Waals surface area contributed by atoms with Gasteiger partial charge in [-0.2, -0.15) is 5.10 Å². The molecule has 0 spiro atoms. The van der Waals surface area contributed by atoms with Crippen LogP contribution in [0, 0.1) is 0 Å². The van der Waals surface area contributed by atoms with Gasteiger partial charge in [0.25, 0.3) is 0 Å². The highest BCUT2D eigenvalue weighted by Crippen LogP contribution is 2.34. The van der Waals surface area contributed by atoms with Gasteiger partial charge in [-0.1, -0.05) is 30.3 Å². The molecule has 0 unspecified atom stereocenters. The van der Waals surface area contributed by atoms with Crippen molar-refractivity contribution < 1.29 is 19.1 Å². The molecule has 0 aromatic heterocycles. The van der Waals surface area contributed by atoms with Crippen molar-refractivity contribution in [3.05, 3.63) is 47.7 Å². The zero-order chi connectivity index (χ0) is 16.1. The minimum Gasteiger partial charge on any atom is -0.466 e. The summed E-state index contributed by atoms with van der Waals surface area (Å²) in [5.74, 6) is -1.27. The molecule has 0 bridgehead atoms. The zero-order valence-corrected chi connectivity index (χ0v) is 12.8. The van der Waals surface area contributed by atoms with E-state index in [4.69, 9.17) is 4.74 Å². The molecule has 0 fully saturated rings. The van der Waals surface area contributed by atoms with E-state index >= 15 is 0 Å². The van der Waals surface area contributed by atoms with Gasteiger partial charge < -0.3 is 9.47 Å². The largest absolute Gasteiger partial charge is 0.466 e. The summed E-state index contributed by atoms with van der Waals surface area (Å²) in [5.41, 5.74) is 1.93. The fraction of sp³-hybridized carbons (Fsp3) is 0.312. The topological polar surface area (TPSA) is 68.2 Å². The van der Waals surface area contributed by atoms with E-state index in [1.165, 1.54) is 19.2 Å². The van der Waals surface area contributed by atoms with Crippen LogP contribution in [0.15, 0.2) is 47.2 Å². The van der Waals surface area contributed by atoms with Crippen molar-refractivity contribution >= 4 is 17.7 Å². The van der Waals surface area contributed by atoms with Gasteiger partial charge in [-0.05, 0) is 12.5 Å². The molecule has 1 atom stereocenters. The number of benzene rings is 1. The van der Waals surface area contributed by atoms with Gasteiger partial charge in [0, 0.05) is 12.1 Å². The van der Waals surface area contributed by atoms with E-state index in [1.807, 2.05) is 37.3 Å². The highest BCUT2D eigenvalue weighted by Gasteiger charge is 2.32. The first-order valence-electron chi connectivity index (χ1n) is 6.83. The van der Waals surface area contributed by atoms with Gasteiger partial charge in [0.1, 0.15) is 0 Å². The zero-order valence-electron chi connectivity index (χ0n) is 12.8. The fourth-order valence-corrected chi connectivity index (χ4v) is 2.31. The Morgan fingerprint density at radius 2 is 1.91 bits per heavy atom. The second kappa shape index (κ2) is 6.89. The summed E-state index contributed by atoms with van der Waals surface area (Å²) in [6.45, 7) is 1.88. The number of esters is 2. The molecule has 0 saturated heterocycles. The Balaban J connectivity index is 2.41. The Kier molecular flexibility index (Phi) is 4.93. The minimum absolute atomic E-state index is 0.0556. The van der Waals surface area contributed by atoms with Crippen molar-refractivity contribution in [1.29, 1.82) is 0 Å². The quantitative estimate of drug-likeness (QED) is 0.629. The maximum absolute atomic E-state index is 12.0. The Hall–Kier alpha value is -2.63. The van der Waals surface area contributed by atoms with E-state index in [9.17, 15) is 9.59 Å². The van der Waals surface area contributed by atoms with Gasteiger partial charge in [0.2, 0.25) is 0 Å². The normalized spacial score (nSPS) is 18.0. The van der Waals surface area contributed by atoms with Crippen molar-refractivity contribution in [1.82, 2.24) is 5.01 Å². The molecule has 22 heavy (non-hydrogen) atoms. The van der Waals surface area contributed by atoms with Gasteiger partial charge in [0.05, 0.1) is 26.3 Å². The predicted octanol–water partition coefficient (Wildman–Crippen LogP) is 2.04. The SMILES string of the molecule is COC(=O)/C=C(\C(=O)OC)N1N=C(C)C[C@H]1c1ccccc1. The van der Waals surface area contributed by atoms with Crippen LogP contribution in [-0.2, 0) is 19.1 Å². The predicted molar refractivity (Wildman–Crippen MR) is 80.9 cm³/mol. The number of hydrogen-bond donors (Lipinski definition) is 0. The van der Waals surface area contributed by atoms with Crippen LogP contribution in [0.4, 0.5) is 0 Å². The van der Waals surface area contributed by atoms with E-state index in [2.05, 4.69) is 9.84 Å². The van der Waals surface area contributed by atoms with Crippen LogP contribution in [0.5, 0.6) is 0 Å². The second-order valence-corrected chi connectivity index (χ2v) is 4.85. The fourth-order valence-electron chi connectivity index (χ4n) is 2.31. The Labute approximate surface area is 129 Å². The summed E-state index contributed by atoms with van der Waals surface area (Å²) in [4.78, 5) is 23.6. The first kappa shape index (κ1) is 15.8. The number of nitrogens with zero attached hydrogens (tertiary/aromatic N) is 2. The lowest BCUT2D eigenvalue weighted by molar-refractivity contribution is -0.140. The summed E-state index contributed by atoms with van der Waals surface area (Å²) in [7, 11) is 2.51. The van der Waals surface area contributed by atoms with Gasteiger partial charge >= 0.3 is 11.9 Å². The van der Waals surface area contributed by atoms with Crippen LogP contribution in [0.3, 0.4) is 0 Å². The molecule has 2 rings (SSSR count). The maximum Gasteiger partial charge on any atom is 0.356 e. The lowest BCUT2D eigenvalue weighted by Gasteiger charge is -2.24. The van der Waals surface area contributed by atoms with Crippen molar-refractivity contribution in [3.63, 3.8) is 0 Å². The van der Waals surface area contributed by atoms with Crippen LogP contribution in [0.25, 0.3) is 0 Å². The summed E-state index contributed by atoms with van der Waals surface area (Å²) >= 11 is 0. The van der Waals surface area contributed by atoms with Crippen LogP contribution < -0.4 is 0 Å². The molecular weight excluding hydrogens is 284 g/mol. The lowest BCUT2D eigenvalue weighted by atomic mass is 10.0. The monoisotopic (exact) mass is 302 g/mol. The summed E-state index contributed by atoms with van der Waals surface area (Å²) < 4.78 is 9.37. The average Bonchev–Trinajstić information content (AvgIpc) is 2.94. The van der Waals surface area contributed by atoms with Gasteiger partial charge in [-0.25, -0.2) is 9.59 Å². The number of methoxy groups -OCH3 is 2. The van der Waals surface area contributed by atoms with E-state index < -0.39 is 11.9 Å². The Morgan fingerprint density at radius 1 is 1.23 bits per heavy atom. The number of hydrogen-bond acceptors (Lipinski definition) is 6. The van der Waals surface area contributed by atoms with Crippen molar-refractivity contribution in [3.8, 4) is 0 Å². The molecule has 116 valence electrons. The number of hydrazone groups is 1. The van der Waals surface area contributed by atoms with Crippen molar-refractivity contribution in [2.45, 2.75) is 19.4 Å². The molecule has 0 amide bonds. The van der Waals surface area contributed by atoms with Crippen molar-refractivity contribution in [2.24, 2.45) is 5.10 Å². The highest BCUT2D eigenvalue weighted by atomic mass is 16.5. The van der Waals surface area contributed by atoms with Crippen molar-refractivity contribution in [2.75, 3.05) is 14.2 Å². The molecule has 0 aliphatic carbocycles. The average molecular weight is 302 g/mol. The molecule has 0 N–H and O–H groups in total. The first-order valence-corrected chi connectivity index (χ1v) is 6.83. The van der Waals surface area contributed by atoms with Gasteiger partial charge in [-0.3, -0.25) is 5.01 Å². The van der Waals surface area contributed by atoms with Gasteiger partial charge in [0.15, 0.2) is 5.70 Å². The van der Waals surface area contributed by atoms with Crippen LogP contribution in [0.2, 0.25) is 0 Å². The number of carbonyl (C=O) groups excluding carboxylic acids is 2. The third-order valence-corrected chi connectivity index (χ3v) is 3.34. The van der Waals surface area contributed by atoms with Crippen LogP contribution in [-0.4, -0.2) is 36.9 Å². The third kappa shape index (κ3) is 3.33. The molecule has 6 nitrogen and oxygen atoms in total. The minimum atomic E-state index is -0.634. The molecule has 1 aliphatic rings. The molecule has 1 aromatic rings. The van der Waals surface area contributed by atoms with Gasteiger partial charge in [-0.15, -0.1) is 0 Å². The molecule has 6 heteroatoms. The van der Waals surface area contributed by atoms with E-state index in [-0.39, 0.29) is 11.7 Å². The molecule has 1 aromatic carbocycles. The summed E-state index contributed by atoms with van der Waals surface area (Å²) in [6.07, 6.45) is 1.77. The third-order valence-electron chi connectivity index (χ3n) is 3.34. The number of carbonyl (C=O) groups is 2. The molecule has 1 heterocycles. The second-order valence-electron chi connectivity index (χ2n) is 4.85. The smallest absolute Gasteiger partial charge is 0.356 e. The number of ether oxygens (including phenoxy) is 2.